The van der Waals surface area contributed by atoms with Gasteiger partial charge in [-0.25, -0.2) is 8.78 Å². The van der Waals surface area contributed by atoms with Crippen molar-refractivity contribution in [3.8, 4) is 11.3 Å². The highest BCUT2D eigenvalue weighted by molar-refractivity contribution is 5.94. The van der Waals surface area contributed by atoms with Crippen molar-refractivity contribution in [3.05, 3.63) is 77.5 Å². The van der Waals surface area contributed by atoms with E-state index in [0.717, 1.165) is 37.2 Å². The molecule has 3 aromatic rings. The first-order valence-electron chi connectivity index (χ1n) is 13.3. The van der Waals surface area contributed by atoms with Crippen molar-refractivity contribution in [2.75, 3.05) is 26.2 Å². The molecule has 2 saturated heterocycles. The predicted octanol–water partition coefficient (Wildman–Crippen LogP) is 4.42. The van der Waals surface area contributed by atoms with Gasteiger partial charge in [0.05, 0.1) is 17.5 Å². The Morgan fingerprint density at radius 2 is 1.82 bits per heavy atom. The maximum absolute atomic E-state index is 14.2. The average Bonchev–Trinajstić information content (AvgIpc) is 3.56. The highest BCUT2D eigenvalue weighted by Gasteiger charge is 2.43. The summed E-state index contributed by atoms with van der Waals surface area (Å²) in [7, 11) is 0. The third-order valence-electron chi connectivity index (χ3n) is 7.97. The Morgan fingerprint density at radius 1 is 1.00 bits per heavy atom. The molecular weight excluding hydrogens is 490 g/mol. The molecule has 2 aromatic carbocycles. The highest BCUT2D eigenvalue weighted by atomic mass is 19.1. The molecule has 6 rings (SSSR count). The average molecular weight is 521 g/mol. The largest absolute Gasteiger partial charge is 0.355 e. The number of piperidine rings is 1. The molecule has 0 radical (unpaired) electrons. The minimum atomic E-state index is -0.802. The Bertz CT molecular complexity index is 1330. The fourth-order valence-electron chi connectivity index (χ4n) is 5.60. The molecule has 38 heavy (non-hydrogen) atoms. The third-order valence-corrected chi connectivity index (χ3v) is 7.97. The van der Waals surface area contributed by atoms with E-state index in [4.69, 9.17) is 4.52 Å². The minimum Gasteiger partial charge on any atom is -0.355 e. The van der Waals surface area contributed by atoms with Crippen molar-refractivity contribution >= 4 is 11.8 Å². The SMILES string of the molecule is O=C(N[C@@H]1CCN(CC2CC2)C[C@H]1C(=O)N1CC[C@@H]1c1ccccc1)c1cc(-c2ccc(F)cc2F)on1. The minimum absolute atomic E-state index is 0.0125. The summed E-state index contributed by atoms with van der Waals surface area (Å²) in [5.41, 5.74) is 1.13. The lowest BCUT2D eigenvalue weighted by atomic mass is 9.86. The van der Waals surface area contributed by atoms with Crippen LogP contribution in [0.25, 0.3) is 11.3 Å². The zero-order valence-corrected chi connectivity index (χ0v) is 21.0. The van der Waals surface area contributed by atoms with Crippen LogP contribution in [-0.4, -0.2) is 59.0 Å². The zero-order chi connectivity index (χ0) is 26.2. The van der Waals surface area contributed by atoms with Crippen LogP contribution in [0.3, 0.4) is 0 Å². The monoisotopic (exact) mass is 520 g/mol. The number of hydrogen-bond donors (Lipinski definition) is 1. The fourth-order valence-corrected chi connectivity index (χ4v) is 5.60. The van der Waals surface area contributed by atoms with Gasteiger partial charge in [-0.2, -0.15) is 0 Å². The topological polar surface area (TPSA) is 78.7 Å². The van der Waals surface area contributed by atoms with Gasteiger partial charge in [0.15, 0.2) is 11.5 Å². The Kier molecular flexibility index (Phi) is 6.69. The van der Waals surface area contributed by atoms with Crippen molar-refractivity contribution in [3.63, 3.8) is 0 Å². The maximum Gasteiger partial charge on any atom is 0.273 e. The van der Waals surface area contributed by atoms with E-state index in [2.05, 4.69) is 27.5 Å². The van der Waals surface area contributed by atoms with Gasteiger partial charge in [0.25, 0.3) is 5.91 Å². The van der Waals surface area contributed by atoms with E-state index in [1.165, 1.54) is 25.0 Å². The van der Waals surface area contributed by atoms with Gasteiger partial charge in [0.1, 0.15) is 11.6 Å². The molecule has 1 aliphatic carbocycles. The van der Waals surface area contributed by atoms with Crippen molar-refractivity contribution in [2.45, 2.75) is 37.8 Å². The maximum atomic E-state index is 14.2. The summed E-state index contributed by atoms with van der Waals surface area (Å²) in [6, 6.07) is 14.2. The number of amides is 2. The summed E-state index contributed by atoms with van der Waals surface area (Å²) in [5, 5.41) is 6.83. The van der Waals surface area contributed by atoms with Gasteiger partial charge in [-0.3, -0.25) is 9.59 Å². The van der Waals surface area contributed by atoms with Crippen LogP contribution in [-0.2, 0) is 4.79 Å². The lowest BCUT2D eigenvalue weighted by Gasteiger charge is -2.46. The summed E-state index contributed by atoms with van der Waals surface area (Å²) in [5.74, 6) is -1.56. The van der Waals surface area contributed by atoms with Crippen molar-refractivity contribution in [1.82, 2.24) is 20.3 Å². The number of hydrogen-bond acceptors (Lipinski definition) is 5. The van der Waals surface area contributed by atoms with E-state index in [9.17, 15) is 18.4 Å². The van der Waals surface area contributed by atoms with Gasteiger partial charge in [-0.05, 0) is 49.3 Å². The summed E-state index contributed by atoms with van der Waals surface area (Å²) in [6.45, 7) is 3.10. The van der Waals surface area contributed by atoms with Crippen LogP contribution in [0.15, 0.2) is 59.1 Å². The van der Waals surface area contributed by atoms with E-state index in [1.807, 2.05) is 23.1 Å². The summed E-state index contributed by atoms with van der Waals surface area (Å²) >= 11 is 0. The van der Waals surface area contributed by atoms with Crippen LogP contribution >= 0.6 is 0 Å². The van der Waals surface area contributed by atoms with Crippen LogP contribution in [0, 0.1) is 23.5 Å². The van der Waals surface area contributed by atoms with Gasteiger partial charge < -0.3 is 19.6 Å². The Balaban J connectivity index is 1.18. The van der Waals surface area contributed by atoms with Crippen LogP contribution < -0.4 is 5.32 Å². The second-order valence-electron chi connectivity index (χ2n) is 10.6. The first-order valence-corrected chi connectivity index (χ1v) is 13.3. The second kappa shape index (κ2) is 10.3. The number of carbonyl (C=O) groups is 2. The molecule has 9 heteroatoms. The van der Waals surface area contributed by atoms with E-state index in [1.54, 1.807) is 0 Å². The lowest BCUT2D eigenvalue weighted by molar-refractivity contribution is -0.146. The van der Waals surface area contributed by atoms with Crippen molar-refractivity contribution < 1.29 is 22.9 Å². The van der Waals surface area contributed by atoms with E-state index in [0.29, 0.717) is 25.4 Å². The van der Waals surface area contributed by atoms with Crippen LogP contribution in [0.2, 0.25) is 0 Å². The third kappa shape index (κ3) is 5.07. The molecule has 2 amide bonds. The van der Waals surface area contributed by atoms with E-state index >= 15 is 0 Å². The molecule has 1 saturated carbocycles. The molecule has 0 spiro atoms. The summed E-state index contributed by atoms with van der Waals surface area (Å²) in [6.07, 6.45) is 4.05. The second-order valence-corrected chi connectivity index (χ2v) is 10.6. The Morgan fingerprint density at radius 3 is 2.53 bits per heavy atom. The van der Waals surface area contributed by atoms with Crippen molar-refractivity contribution in [1.29, 1.82) is 0 Å². The molecule has 2 aliphatic heterocycles. The lowest BCUT2D eigenvalue weighted by Crippen LogP contribution is -2.59. The number of carbonyl (C=O) groups excluding carboxylic acids is 2. The number of nitrogens with zero attached hydrogens (tertiary/aromatic N) is 3. The molecule has 3 heterocycles. The first kappa shape index (κ1) is 24.7. The van der Waals surface area contributed by atoms with Crippen LogP contribution in [0.5, 0.6) is 0 Å². The van der Waals surface area contributed by atoms with Crippen molar-refractivity contribution in [2.24, 2.45) is 11.8 Å². The number of halogens is 2. The molecule has 7 nitrogen and oxygen atoms in total. The molecule has 198 valence electrons. The molecular formula is C29H30F2N4O3. The Labute approximate surface area is 219 Å². The van der Waals surface area contributed by atoms with E-state index in [-0.39, 0.29) is 40.9 Å². The number of likely N-dealkylation sites (tertiary alicyclic amines) is 2. The van der Waals surface area contributed by atoms with Gasteiger partial charge in [0.2, 0.25) is 5.91 Å². The Hall–Kier alpha value is -3.59. The zero-order valence-electron chi connectivity index (χ0n) is 21.0. The van der Waals surface area contributed by atoms with Gasteiger partial charge in [0, 0.05) is 44.4 Å². The predicted molar refractivity (Wildman–Crippen MR) is 136 cm³/mol. The normalized spacial score (nSPS) is 23.6. The standard InChI is InChI=1S/C29H30F2N4O3/c30-20-8-9-21(23(31)14-20)27-15-25(33-38-27)28(36)32-24-10-12-34(16-18-6-7-18)17-22(24)29(37)35-13-11-26(35)19-4-2-1-3-5-19/h1-5,8-9,14-15,18,22,24,26H,6-7,10-13,16-17H2,(H,32,36)/t22-,24-,26-/m1/s1. The summed E-state index contributed by atoms with van der Waals surface area (Å²) in [4.78, 5) is 31.3. The number of nitrogens with one attached hydrogen (secondary N) is 1. The van der Waals surface area contributed by atoms with Crippen LogP contribution in [0.1, 0.15) is 47.8 Å². The molecule has 1 N–H and O–H groups in total. The first-order chi connectivity index (χ1) is 18.5. The highest BCUT2D eigenvalue weighted by Crippen LogP contribution is 2.37. The fraction of sp³-hybridized carbons (Fsp3) is 0.414. The van der Waals surface area contributed by atoms with Gasteiger partial charge >= 0.3 is 0 Å². The van der Waals surface area contributed by atoms with Gasteiger partial charge in [-0.15, -0.1) is 0 Å². The number of aromatic nitrogens is 1. The molecule has 1 aromatic heterocycles. The summed E-state index contributed by atoms with van der Waals surface area (Å²) < 4.78 is 32.7. The van der Waals surface area contributed by atoms with Gasteiger partial charge in [-0.1, -0.05) is 35.5 Å². The molecule has 0 unspecified atom stereocenters. The number of benzene rings is 2. The van der Waals surface area contributed by atoms with Crippen LogP contribution in [0.4, 0.5) is 8.78 Å². The molecule has 3 fully saturated rings. The smallest absolute Gasteiger partial charge is 0.273 e. The molecule has 3 atom stereocenters. The quantitative estimate of drug-likeness (QED) is 0.499. The molecule has 3 aliphatic rings. The number of rotatable bonds is 7. The van der Waals surface area contributed by atoms with E-state index < -0.39 is 17.5 Å². The molecule has 0 bridgehead atoms.